The first kappa shape index (κ1) is 21.8. The van der Waals surface area contributed by atoms with E-state index in [1.165, 1.54) is 0 Å². The van der Waals surface area contributed by atoms with Gasteiger partial charge in [0.1, 0.15) is 0 Å². The highest BCUT2D eigenvalue weighted by atomic mass is 16.9. The predicted molar refractivity (Wildman–Crippen MR) is 91.7 cm³/mol. The maximum Gasteiger partial charge on any atom is 0.166 e. The summed E-state index contributed by atoms with van der Waals surface area (Å²) < 4.78 is 34.7. The van der Waals surface area contributed by atoms with E-state index in [9.17, 15) is 0 Å². The summed E-state index contributed by atoms with van der Waals surface area (Å²) >= 11 is 0. The molecule has 1 fully saturated rings. The fourth-order valence-electron chi connectivity index (χ4n) is 2.81. The summed E-state index contributed by atoms with van der Waals surface area (Å²) in [6.07, 6.45) is 1.26. The van der Waals surface area contributed by atoms with Crippen molar-refractivity contribution in [2.24, 2.45) is 0 Å². The van der Waals surface area contributed by atoms with E-state index in [4.69, 9.17) is 28.4 Å². The molecule has 3 atom stereocenters. The van der Waals surface area contributed by atoms with Crippen molar-refractivity contribution in [2.75, 3.05) is 19.8 Å². The summed E-state index contributed by atoms with van der Waals surface area (Å²) in [5.41, 5.74) is 0. The third-order valence-electron chi connectivity index (χ3n) is 3.84. The number of rotatable bonds is 12. The van der Waals surface area contributed by atoms with Crippen molar-refractivity contribution in [2.45, 2.75) is 98.0 Å². The number of hydrogen-bond donors (Lipinski definition) is 0. The van der Waals surface area contributed by atoms with E-state index in [-0.39, 0.29) is 37.2 Å². The standard InChI is InChI=1S/C18H36O6/c1-7-19-13(4)10-16-22-17(11-14(5)20-8-2)24-18(23-16)12-15(6)21-9-3/h13-18H,7-12H2,1-6H3. The summed E-state index contributed by atoms with van der Waals surface area (Å²) in [5.74, 6) is 0. The normalized spacial score (nSPS) is 28.5. The van der Waals surface area contributed by atoms with Crippen LogP contribution in [0.4, 0.5) is 0 Å². The van der Waals surface area contributed by atoms with Gasteiger partial charge in [0.25, 0.3) is 0 Å². The smallest absolute Gasteiger partial charge is 0.166 e. The van der Waals surface area contributed by atoms with Crippen LogP contribution < -0.4 is 0 Å². The molecule has 0 aromatic rings. The molecule has 1 saturated heterocycles. The Kier molecular flexibility index (Phi) is 11.1. The molecule has 0 bridgehead atoms. The van der Waals surface area contributed by atoms with E-state index in [1.807, 2.05) is 41.5 Å². The first-order chi connectivity index (χ1) is 11.5. The fourth-order valence-corrected chi connectivity index (χ4v) is 2.81. The maximum absolute atomic E-state index is 5.95. The van der Waals surface area contributed by atoms with E-state index < -0.39 is 0 Å². The Morgan fingerprint density at radius 2 is 0.833 bits per heavy atom. The third kappa shape index (κ3) is 8.74. The average molecular weight is 348 g/mol. The van der Waals surface area contributed by atoms with Crippen LogP contribution in [0.1, 0.15) is 60.8 Å². The zero-order valence-corrected chi connectivity index (χ0v) is 16.2. The molecule has 0 saturated carbocycles. The molecule has 0 aromatic carbocycles. The van der Waals surface area contributed by atoms with Crippen LogP contribution in [-0.4, -0.2) is 57.0 Å². The van der Waals surface area contributed by atoms with Gasteiger partial charge >= 0.3 is 0 Å². The lowest BCUT2D eigenvalue weighted by molar-refractivity contribution is -0.393. The van der Waals surface area contributed by atoms with Crippen molar-refractivity contribution in [3.8, 4) is 0 Å². The molecule has 1 aliphatic heterocycles. The second kappa shape index (κ2) is 12.2. The van der Waals surface area contributed by atoms with Gasteiger partial charge in [0.05, 0.1) is 18.3 Å². The minimum Gasteiger partial charge on any atom is -0.379 e. The summed E-state index contributed by atoms with van der Waals surface area (Å²) in [5, 5.41) is 0. The average Bonchev–Trinajstić information content (AvgIpc) is 2.47. The fraction of sp³-hybridized carbons (Fsp3) is 1.00. The summed E-state index contributed by atoms with van der Waals surface area (Å²) in [4.78, 5) is 0. The molecular formula is C18H36O6. The molecular weight excluding hydrogens is 312 g/mol. The topological polar surface area (TPSA) is 55.4 Å². The van der Waals surface area contributed by atoms with Gasteiger partial charge in [-0.1, -0.05) is 0 Å². The van der Waals surface area contributed by atoms with Crippen molar-refractivity contribution in [1.82, 2.24) is 0 Å². The van der Waals surface area contributed by atoms with Gasteiger partial charge in [0.2, 0.25) is 0 Å². The second-order valence-electron chi connectivity index (χ2n) is 6.20. The van der Waals surface area contributed by atoms with Gasteiger partial charge in [0, 0.05) is 39.1 Å². The van der Waals surface area contributed by atoms with Crippen molar-refractivity contribution < 1.29 is 28.4 Å². The quantitative estimate of drug-likeness (QED) is 0.538. The van der Waals surface area contributed by atoms with Gasteiger partial charge in [-0.15, -0.1) is 0 Å². The molecule has 1 rings (SSSR count). The SMILES string of the molecule is CCOC(C)CC1OC(CC(C)OCC)OC(CC(C)OCC)O1. The maximum atomic E-state index is 5.95. The molecule has 0 aliphatic carbocycles. The molecule has 1 aliphatic rings. The second-order valence-corrected chi connectivity index (χ2v) is 6.20. The molecule has 0 radical (unpaired) electrons. The summed E-state index contributed by atoms with van der Waals surface area (Å²) in [7, 11) is 0. The minimum absolute atomic E-state index is 0.0769. The molecule has 6 heteroatoms. The van der Waals surface area contributed by atoms with Crippen molar-refractivity contribution >= 4 is 0 Å². The molecule has 144 valence electrons. The van der Waals surface area contributed by atoms with Gasteiger partial charge in [-0.05, 0) is 41.5 Å². The Bertz CT molecular complexity index is 260. The van der Waals surface area contributed by atoms with Gasteiger partial charge in [-0.2, -0.15) is 0 Å². The molecule has 0 aromatic heterocycles. The molecule has 0 spiro atoms. The Morgan fingerprint density at radius 1 is 0.583 bits per heavy atom. The van der Waals surface area contributed by atoms with E-state index >= 15 is 0 Å². The molecule has 6 nitrogen and oxygen atoms in total. The highest BCUT2D eigenvalue weighted by Gasteiger charge is 2.33. The predicted octanol–water partition coefficient (Wildman–Crippen LogP) is 3.47. The van der Waals surface area contributed by atoms with Crippen LogP contribution in [0.3, 0.4) is 0 Å². The van der Waals surface area contributed by atoms with Crippen LogP contribution in [0.5, 0.6) is 0 Å². The molecule has 0 N–H and O–H groups in total. The Labute approximate surface area is 147 Å². The largest absolute Gasteiger partial charge is 0.379 e. The summed E-state index contributed by atoms with van der Waals surface area (Å²) in [6.45, 7) is 14.1. The highest BCUT2D eigenvalue weighted by Crippen LogP contribution is 2.26. The van der Waals surface area contributed by atoms with Gasteiger partial charge in [-0.25, -0.2) is 0 Å². The van der Waals surface area contributed by atoms with Gasteiger partial charge in [0.15, 0.2) is 18.9 Å². The lowest BCUT2D eigenvalue weighted by Gasteiger charge is -2.38. The van der Waals surface area contributed by atoms with Crippen LogP contribution in [0.2, 0.25) is 0 Å². The Balaban J connectivity index is 2.59. The van der Waals surface area contributed by atoms with Crippen LogP contribution in [0.15, 0.2) is 0 Å². The minimum atomic E-state index is -0.335. The van der Waals surface area contributed by atoms with E-state index in [0.717, 1.165) is 0 Å². The van der Waals surface area contributed by atoms with Crippen LogP contribution in [0.25, 0.3) is 0 Å². The molecule has 24 heavy (non-hydrogen) atoms. The van der Waals surface area contributed by atoms with E-state index in [1.54, 1.807) is 0 Å². The van der Waals surface area contributed by atoms with E-state index in [2.05, 4.69) is 0 Å². The molecule has 3 unspecified atom stereocenters. The zero-order valence-electron chi connectivity index (χ0n) is 16.2. The van der Waals surface area contributed by atoms with E-state index in [0.29, 0.717) is 39.1 Å². The lowest BCUT2D eigenvalue weighted by atomic mass is 10.2. The number of ether oxygens (including phenoxy) is 6. The van der Waals surface area contributed by atoms with Gasteiger partial charge in [-0.3, -0.25) is 0 Å². The Hall–Kier alpha value is -0.240. The first-order valence-corrected chi connectivity index (χ1v) is 9.29. The molecule has 1 heterocycles. The van der Waals surface area contributed by atoms with Crippen LogP contribution in [0, 0.1) is 0 Å². The Morgan fingerprint density at radius 3 is 1.04 bits per heavy atom. The van der Waals surface area contributed by atoms with Crippen molar-refractivity contribution in [3.63, 3.8) is 0 Å². The highest BCUT2D eigenvalue weighted by molar-refractivity contribution is 4.67. The van der Waals surface area contributed by atoms with Crippen molar-refractivity contribution in [3.05, 3.63) is 0 Å². The number of hydrogen-bond acceptors (Lipinski definition) is 6. The van der Waals surface area contributed by atoms with Gasteiger partial charge < -0.3 is 28.4 Å². The van der Waals surface area contributed by atoms with Crippen LogP contribution >= 0.6 is 0 Å². The summed E-state index contributed by atoms with van der Waals surface area (Å²) in [6, 6.07) is 0. The first-order valence-electron chi connectivity index (χ1n) is 9.29. The lowest BCUT2D eigenvalue weighted by Crippen LogP contribution is -2.44. The molecule has 0 amide bonds. The third-order valence-corrected chi connectivity index (χ3v) is 3.84. The monoisotopic (exact) mass is 348 g/mol. The van der Waals surface area contributed by atoms with Crippen molar-refractivity contribution in [1.29, 1.82) is 0 Å². The zero-order chi connectivity index (χ0) is 17.9. The van der Waals surface area contributed by atoms with Crippen LogP contribution in [-0.2, 0) is 28.4 Å².